The molecule has 4 aliphatic heterocycles. The first-order valence-corrected chi connectivity index (χ1v) is 28.1. The van der Waals surface area contributed by atoms with E-state index in [1.54, 1.807) is 0 Å². The molecule has 0 aromatic carbocycles. The molecule has 5 rings (SSSR count). The highest BCUT2D eigenvalue weighted by atomic mass is 28.5. The zero-order valence-electron chi connectivity index (χ0n) is 32.4. The molecule has 0 bridgehead atoms. The topological polar surface area (TPSA) is 251 Å². The van der Waals surface area contributed by atoms with Crippen molar-refractivity contribution in [1.82, 2.24) is 14.7 Å². The fourth-order valence-electron chi connectivity index (χ4n) is 8.41. The molecular formula is C33H45N3O16Si4. The Morgan fingerprint density at radius 1 is 0.482 bits per heavy atom. The Labute approximate surface area is 326 Å². The maximum absolute atomic E-state index is 14.1. The van der Waals surface area contributed by atoms with Crippen molar-refractivity contribution < 1.29 is 74.0 Å². The van der Waals surface area contributed by atoms with Crippen LogP contribution in [0.2, 0.25) is 48.4 Å². The summed E-state index contributed by atoms with van der Waals surface area (Å²) in [5.41, 5.74) is -6.07. The number of imide groups is 9. The van der Waals surface area contributed by atoms with Gasteiger partial charge in [0.2, 0.25) is 53.2 Å². The number of nitrogens with zero attached hydrogens (tertiary/aromatic N) is 3. The first-order valence-electron chi connectivity index (χ1n) is 18.6. The van der Waals surface area contributed by atoms with Crippen molar-refractivity contribution in [2.75, 3.05) is 0 Å². The van der Waals surface area contributed by atoms with E-state index in [1.165, 1.54) is 53.9 Å². The molecule has 5 fully saturated rings. The van der Waals surface area contributed by atoms with Crippen LogP contribution in [0, 0.1) is 5.92 Å². The van der Waals surface area contributed by atoms with E-state index in [0.717, 1.165) is 0 Å². The number of hydrogen-bond donors (Lipinski definition) is 0. The summed E-state index contributed by atoms with van der Waals surface area (Å²) in [4.78, 5) is 162. The Balaban J connectivity index is 1.75. The first kappa shape index (κ1) is 43.3. The van der Waals surface area contributed by atoms with E-state index < -0.39 is 159 Å². The highest BCUT2D eigenvalue weighted by molar-refractivity contribution is 6.98. The van der Waals surface area contributed by atoms with Crippen LogP contribution in [0.1, 0.15) is 79.1 Å². The van der Waals surface area contributed by atoms with Gasteiger partial charge in [-0.1, -0.05) is 27.7 Å². The summed E-state index contributed by atoms with van der Waals surface area (Å²) >= 11 is 0. The van der Waals surface area contributed by atoms with Crippen LogP contribution in [0.3, 0.4) is 0 Å². The highest BCUT2D eigenvalue weighted by Gasteiger charge is 2.72. The van der Waals surface area contributed by atoms with Gasteiger partial charge in [-0.25, -0.2) is 14.7 Å². The van der Waals surface area contributed by atoms with Crippen molar-refractivity contribution in [2.45, 2.75) is 127 Å². The third-order valence-corrected chi connectivity index (χ3v) is 31.1. The van der Waals surface area contributed by atoms with Crippen molar-refractivity contribution in [1.29, 1.82) is 0 Å². The lowest BCUT2D eigenvalue weighted by atomic mass is 9.99. The third-order valence-electron chi connectivity index (χ3n) is 11.3. The monoisotopic (exact) mass is 851 g/mol. The average Bonchev–Trinajstić information content (AvgIpc) is 3.81. The van der Waals surface area contributed by atoms with Gasteiger partial charge in [-0.05, 0) is 26.2 Å². The van der Waals surface area contributed by atoms with Gasteiger partial charge in [0.15, 0.2) is 17.3 Å². The van der Waals surface area contributed by atoms with Crippen LogP contribution in [0.5, 0.6) is 0 Å². The van der Waals surface area contributed by atoms with Gasteiger partial charge in [0.05, 0.1) is 22.2 Å². The lowest BCUT2D eigenvalue weighted by molar-refractivity contribution is -0.151. The van der Waals surface area contributed by atoms with Crippen LogP contribution in [0.4, 0.5) is 0 Å². The van der Waals surface area contributed by atoms with E-state index in [0.29, 0.717) is 14.7 Å². The van der Waals surface area contributed by atoms with E-state index >= 15 is 0 Å². The van der Waals surface area contributed by atoms with Crippen molar-refractivity contribution in [3.8, 4) is 0 Å². The molecule has 23 heteroatoms. The van der Waals surface area contributed by atoms with Gasteiger partial charge in [-0.15, -0.1) is 0 Å². The van der Waals surface area contributed by atoms with Gasteiger partial charge >= 0.3 is 34.2 Å². The van der Waals surface area contributed by atoms with Crippen molar-refractivity contribution in [2.24, 2.45) is 5.92 Å². The molecule has 1 saturated carbocycles. The highest BCUT2D eigenvalue weighted by Crippen LogP contribution is 2.53. The fraction of sp³-hybridized carbons (Fsp3) is 0.636. The molecule has 9 amide bonds. The van der Waals surface area contributed by atoms with Crippen LogP contribution in [-0.4, -0.2) is 119 Å². The van der Waals surface area contributed by atoms with Gasteiger partial charge < -0.3 is 16.5 Å². The number of likely N-dealkylation sites (tertiary alicyclic amines) is 3. The molecule has 0 radical (unpaired) electrons. The van der Waals surface area contributed by atoms with Crippen molar-refractivity contribution >= 4 is 105 Å². The van der Waals surface area contributed by atoms with Gasteiger partial charge in [0, 0.05) is 51.4 Å². The van der Waals surface area contributed by atoms with Crippen LogP contribution >= 0.6 is 0 Å². The molecule has 5 aliphatic rings. The second-order valence-electron chi connectivity index (χ2n) is 15.1. The zero-order chi connectivity index (χ0) is 42.0. The number of ketones is 3. The predicted molar refractivity (Wildman–Crippen MR) is 195 cm³/mol. The molecule has 4 heterocycles. The molecule has 0 aromatic heterocycles. The average molecular weight is 852 g/mol. The maximum atomic E-state index is 14.1. The minimum absolute atomic E-state index is 0.157. The van der Waals surface area contributed by atoms with E-state index in [-0.39, 0.29) is 25.7 Å². The number of rotatable bonds is 9. The molecule has 1 aliphatic carbocycles. The molecule has 0 spiro atoms. The summed E-state index contributed by atoms with van der Waals surface area (Å²) in [5.74, 6) is -12.0. The summed E-state index contributed by atoms with van der Waals surface area (Å²) in [7, 11) is -18.3. The summed E-state index contributed by atoms with van der Waals surface area (Å²) in [6, 6.07) is 0. The third kappa shape index (κ3) is 6.94. The van der Waals surface area contributed by atoms with E-state index in [9.17, 15) is 57.5 Å². The lowest BCUT2D eigenvalue weighted by Gasteiger charge is -2.53. The Morgan fingerprint density at radius 2 is 0.768 bits per heavy atom. The zero-order valence-corrected chi connectivity index (χ0v) is 36.4. The molecule has 0 aromatic rings. The first-order chi connectivity index (χ1) is 26.0. The quantitative estimate of drug-likeness (QED) is 0.179. The summed E-state index contributed by atoms with van der Waals surface area (Å²) < 4.78 is 27.6. The molecule has 56 heavy (non-hydrogen) atoms. The summed E-state index contributed by atoms with van der Waals surface area (Å²) in [6.07, 6.45) is -3.25. The van der Waals surface area contributed by atoms with Crippen LogP contribution in [-0.2, 0) is 74.0 Å². The number of hydrogen-bond acceptors (Lipinski definition) is 16. The Hall–Kier alpha value is -3.85. The number of amides is 9. The van der Waals surface area contributed by atoms with Gasteiger partial charge in [-0.2, -0.15) is 0 Å². The molecule has 7 atom stereocenters. The Morgan fingerprint density at radius 3 is 1.04 bits per heavy atom. The maximum Gasteiger partial charge on any atom is 0.330 e. The predicted octanol–water partition coefficient (Wildman–Crippen LogP) is 1.06. The SMILES string of the molecule is CCC(=O)C1C(=O)CC([Si]2(C)O[Si](C)(C3CC(=O)N(C(=O)CC)C3=O)O[Si](C)(C3CC(=O)N(C(=O)CC)C3=O)O[Si](C)(C3CC(=O)N(C(=O)CC)C3=O)O2)C1=O. The van der Waals surface area contributed by atoms with Gasteiger partial charge in [0.1, 0.15) is 5.92 Å². The summed E-state index contributed by atoms with van der Waals surface area (Å²) in [6.45, 7) is 11.2. The molecule has 304 valence electrons. The second-order valence-corrected chi connectivity index (χ2v) is 29.2. The van der Waals surface area contributed by atoms with Crippen molar-refractivity contribution in [3.63, 3.8) is 0 Å². The Bertz CT molecular complexity index is 1610. The van der Waals surface area contributed by atoms with Crippen LogP contribution in [0.25, 0.3) is 0 Å². The van der Waals surface area contributed by atoms with Gasteiger partial charge in [0.25, 0.3) is 0 Å². The van der Waals surface area contributed by atoms with Crippen LogP contribution in [0.15, 0.2) is 0 Å². The Kier molecular flexibility index (Phi) is 11.7. The van der Waals surface area contributed by atoms with Crippen LogP contribution < -0.4 is 0 Å². The fourth-order valence-corrected chi connectivity index (χ4v) is 32.6. The standard InChI is InChI=1S/C33H45N3O16Si4/c1-9-17(37)29-18(38)13-19(30(29)45)53(5)49-54(6,20-14-26(42)34(31(20)46)23(39)10-2)51-56(8,22-16-28(44)36(33(22)48)25(41)12-4)52-55(7,50-53)21-15-27(43)35(32(21)47)24(40)11-3/h19-22,29H,9-16H2,1-8H3. The van der Waals surface area contributed by atoms with E-state index in [1.807, 2.05) is 0 Å². The van der Waals surface area contributed by atoms with Gasteiger partial charge in [-0.3, -0.25) is 57.5 Å². The normalized spacial score (nSPS) is 36.9. The molecule has 7 unspecified atom stereocenters. The minimum atomic E-state index is -4.59. The minimum Gasteiger partial charge on any atom is -0.415 e. The number of carbonyl (C=O) groups is 12. The molecule has 4 saturated heterocycles. The number of carbonyl (C=O) groups excluding carboxylic acids is 12. The lowest BCUT2D eigenvalue weighted by Crippen LogP contribution is -2.72. The smallest absolute Gasteiger partial charge is 0.330 e. The largest absolute Gasteiger partial charge is 0.415 e. The molecular weight excluding hydrogens is 807 g/mol. The second kappa shape index (κ2) is 15.1. The molecule has 19 nitrogen and oxygen atoms in total. The van der Waals surface area contributed by atoms with E-state index in [2.05, 4.69) is 0 Å². The molecule has 0 N–H and O–H groups in total. The van der Waals surface area contributed by atoms with Crippen molar-refractivity contribution in [3.05, 3.63) is 0 Å². The van der Waals surface area contributed by atoms with E-state index in [4.69, 9.17) is 16.5 Å². The number of Topliss-reactive ketones (excluding diaryl/α,β-unsaturated/α-hetero) is 3. The summed E-state index contributed by atoms with van der Waals surface area (Å²) in [5, 5.41) is 0.